The zero-order chi connectivity index (χ0) is 62.8. The molecule has 0 heterocycles. The number of rotatable bonds is 75. The van der Waals surface area contributed by atoms with Gasteiger partial charge in [0.15, 0.2) is 0 Å². The molecule has 0 aliphatic rings. The molecule has 0 aromatic heterocycles. The van der Waals surface area contributed by atoms with Crippen LogP contribution in [-0.4, -0.2) is 47.4 Å². The maximum absolute atomic E-state index is 12.5. The molecule has 0 bridgehead atoms. The summed E-state index contributed by atoms with van der Waals surface area (Å²) in [5, 5.41) is 23.2. The van der Waals surface area contributed by atoms with Crippen molar-refractivity contribution in [3.05, 3.63) is 36.5 Å². The molecule has 0 saturated carbocycles. The predicted molar refractivity (Wildman–Crippen MR) is 384 cm³/mol. The number of allylic oxidation sites excluding steroid dienone is 5. The van der Waals surface area contributed by atoms with E-state index in [2.05, 4.69) is 43.5 Å². The normalized spacial score (nSPS) is 12.6. The molecular formula is C81H155NO5. The van der Waals surface area contributed by atoms with Crippen molar-refractivity contribution in [2.45, 2.75) is 456 Å². The Hall–Kier alpha value is -1.92. The summed E-state index contributed by atoms with van der Waals surface area (Å²) in [6.07, 6.45) is 99.8. The van der Waals surface area contributed by atoms with E-state index in [1.807, 2.05) is 6.08 Å². The molecule has 0 aromatic rings. The fraction of sp³-hybridized carbons (Fsp3) is 0.901. The number of nitrogens with one attached hydrogen (secondary N) is 1. The quantitative estimate of drug-likeness (QED) is 0.0320. The van der Waals surface area contributed by atoms with Gasteiger partial charge >= 0.3 is 5.97 Å². The molecule has 0 saturated heterocycles. The molecule has 0 spiro atoms. The Labute approximate surface area is 544 Å². The fourth-order valence-corrected chi connectivity index (χ4v) is 12.6. The number of carbonyl (C=O) groups is 2. The highest BCUT2D eigenvalue weighted by atomic mass is 16.5. The maximum atomic E-state index is 12.5. The highest BCUT2D eigenvalue weighted by Crippen LogP contribution is 2.20. The van der Waals surface area contributed by atoms with Crippen molar-refractivity contribution in [1.29, 1.82) is 0 Å². The molecule has 6 nitrogen and oxygen atoms in total. The summed E-state index contributed by atoms with van der Waals surface area (Å²) in [7, 11) is 0. The molecule has 514 valence electrons. The lowest BCUT2D eigenvalue weighted by Crippen LogP contribution is -2.45. The minimum absolute atomic E-state index is 0.0217. The third-order valence-corrected chi connectivity index (χ3v) is 18.7. The van der Waals surface area contributed by atoms with Gasteiger partial charge in [0.2, 0.25) is 5.91 Å². The van der Waals surface area contributed by atoms with Gasteiger partial charge in [-0.3, -0.25) is 9.59 Å². The minimum Gasteiger partial charge on any atom is -0.466 e. The molecule has 0 fully saturated rings. The van der Waals surface area contributed by atoms with Crippen LogP contribution < -0.4 is 5.32 Å². The summed E-state index contributed by atoms with van der Waals surface area (Å²) < 4.78 is 5.51. The first-order valence-corrected chi connectivity index (χ1v) is 39.8. The van der Waals surface area contributed by atoms with Crippen LogP contribution in [0.3, 0.4) is 0 Å². The molecule has 0 rings (SSSR count). The van der Waals surface area contributed by atoms with Gasteiger partial charge in [-0.25, -0.2) is 0 Å². The van der Waals surface area contributed by atoms with E-state index >= 15 is 0 Å². The van der Waals surface area contributed by atoms with Gasteiger partial charge < -0.3 is 20.3 Å². The van der Waals surface area contributed by atoms with E-state index in [9.17, 15) is 19.8 Å². The number of unbranched alkanes of at least 4 members (excludes halogenated alkanes) is 60. The predicted octanol–water partition coefficient (Wildman–Crippen LogP) is 26.2. The average Bonchev–Trinajstić information content (AvgIpc) is 3.54. The van der Waals surface area contributed by atoms with Crippen LogP contribution in [0.15, 0.2) is 36.5 Å². The van der Waals surface area contributed by atoms with Crippen molar-refractivity contribution in [3.8, 4) is 0 Å². The van der Waals surface area contributed by atoms with Gasteiger partial charge in [-0.15, -0.1) is 0 Å². The molecule has 2 unspecified atom stereocenters. The molecule has 3 N–H and O–H groups in total. The molecule has 2 atom stereocenters. The first-order valence-electron chi connectivity index (χ1n) is 39.8. The van der Waals surface area contributed by atoms with Crippen LogP contribution in [-0.2, 0) is 14.3 Å². The summed E-state index contributed by atoms with van der Waals surface area (Å²) in [5.74, 6) is -0.0405. The molecule has 0 aliphatic carbocycles. The Kier molecular flexibility index (Phi) is 74.8. The van der Waals surface area contributed by atoms with Crippen LogP contribution in [0.25, 0.3) is 0 Å². The van der Waals surface area contributed by atoms with Crippen LogP contribution in [0.5, 0.6) is 0 Å². The summed E-state index contributed by atoms with van der Waals surface area (Å²) >= 11 is 0. The van der Waals surface area contributed by atoms with Crippen LogP contribution in [0.4, 0.5) is 0 Å². The highest BCUT2D eigenvalue weighted by Gasteiger charge is 2.18. The van der Waals surface area contributed by atoms with Crippen LogP contribution in [0.2, 0.25) is 0 Å². The van der Waals surface area contributed by atoms with Crippen molar-refractivity contribution in [2.24, 2.45) is 0 Å². The topological polar surface area (TPSA) is 95.9 Å². The molecule has 87 heavy (non-hydrogen) atoms. The lowest BCUT2D eigenvalue weighted by Gasteiger charge is -2.20. The van der Waals surface area contributed by atoms with Crippen LogP contribution >= 0.6 is 0 Å². The van der Waals surface area contributed by atoms with Crippen LogP contribution in [0, 0.1) is 0 Å². The summed E-state index contributed by atoms with van der Waals surface area (Å²) in [6.45, 7) is 4.95. The van der Waals surface area contributed by atoms with Gasteiger partial charge in [0.05, 0.1) is 25.4 Å². The first-order chi connectivity index (χ1) is 43.0. The minimum atomic E-state index is -0.843. The van der Waals surface area contributed by atoms with E-state index in [4.69, 9.17) is 4.74 Å². The van der Waals surface area contributed by atoms with Crippen molar-refractivity contribution in [2.75, 3.05) is 13.2 Å². The molecule has 6 heteroatoms. The van der Waals surface area contributed by atoms with Crippen molar-refractivity contribution in [1.82, 2.24) is 5.32 Å². The summed E-state index contributed by atoms with van der Waals surface area (Å²) in [5.41, 5.74) is 0. The Bertz CT molecular complexity index is 1410. The Morgan fingerprint density at radius 3 is 0.874 bits per heavy atom. The van der Waals surface area contributed by atoms with E-state index in [-0.39, 0.29) is 18.5 Å². The van der Waals surface area contributed by atoms with E-state index in [1.165, 1.54) is 372 Å². The van der Waals surface area contributed by atoms with Crippen molar-refractivity contribution in [3.63, 3.8) is 0 Å². The smallest absolute Gasteiger partial charge is 0.305 e. The molecule has 0 aromatic carbocycles. The molecular weight excluding hydrogens is 1070 g/mol. The third-order valence-electron chi connectivity index (χ3n) is 18.7. The number of aliphatic hydroxyl groups excluding tert-OH is 2. The monoisotopic (exact) mass is 1220 g/mol. The molecule has 1 amide bonds. The van der Waals surface area contributed by atoms with Gasteiger partial charge in [-0.2, -0.15) is 0 Å². The lowest BCUT2D eigenvalue weighted by atomic mass is 10.0. The van der Waals surface area contributed by atoms with Crippen molar-refractivity contribution >= 4 is 11.9 Å². The number of esters is 1. The molecule has 0 aliphatic heterocycles. The Morgan fingerprint density at radius 1 is 0.322 bits per heavy atom. The standard InChI is InChI=1S/C81H155NO5/c1-3-5-7-9-11-13-15-17-19-21-43-47-51-55-59-63-67-71-75-81(86)87-76-72-68-64-60-56-52-48-44-40-38-36-34-32-30-28-26-24-22-23-25-27-29-31-33-35-37-39-42-46-50-54-58-62-66-70-74-80(85)82-78(77-83)79(84)73-69-65-61-57-53-49-45-41-20-18-16-14-12-10-8-6-4-2/h24,26,30,32,69,73,78-79,83-84H,3-23,25,27-29,31,33-68,70-72,74-77H2,1-2H3,(H,82,85)/b26-24-,32-30-,73-69+. The van der Waals surface area contributed by atoms with Crippen LogP contribution in [0.1, 0.15) is 444 Å². The first kappa shape index (κ1) is 85.1. The number of hydrogen-bond acceptors (Lipinski definition) is 5. The zero-order valence-electron chi connectivity index (χ0n) is 59.0. The fourth-order valence-electron chi connectivity index (χ4n) is 12.6. The number of ether oxygens (including phenoxy) is 1. The third kappa shape index (κ3) is 73.0. The number of amides is 1. The SMILES string of the molecule is CCCCCCCCCCCCCCCCC/C=C/C(O)C(CO)NC(=O)CCCCCCCCCCCCCCCCCCC/C=C\C/C=C\CCCCCCCCCCCCCOC(=O)CCCCCCCCCCCCCCCCCCCC. The second-order valence-electron chi connectivity index (χ2n) is 27.4. The van der Waals surface area contributed by atoms with Gasteiger partial charge in [0.1, 0.15) is 0 Å². The number of aliphatic hydroxyl groups is 2. The average molecular weight is 1220 g/mol. The lowest BCUT2D eigenvalue weighted by molar-refractivity contribution is -0.143. The van der Waals surface area contributed by atoms with E-state index in [1.54, 1.807) is 6.08 Å². The van der Waals surface area contributed by atoms with Crippen molar-refractivity contribution < 1.29 is 24.5 Å². The summed E-state index contributed by atoms with van der Waals surface area (Å²) in [4.78, 5) is 24.6. The summed E-state index contributed by atoms with van der Waals surface area (Å²) in [6, 6.07) is -0.627. The van der Waals surface area contributed by atoms with Gasteiger partial charge in [-0.1, -0.05) is 403 Å². The second-order valence-corrected chi connectivity index (χ2v) is 27.4. The maximum Gasteiger partial charge on any atom is 0.305 e. The zero-order valence-corrected chi connectivity index (χ0v) is 59.0. The second kappa shape index (κ2) is 76.5. The number of carbonyl (C=O) groups excluding carboxylic acids is 2. The Balaban J connectivity index is 3.37. The highest BCUT2D eigenvalue weighted by molar-refractivity contribution is 5.76. The molecule has 0 radical (unpaired) electrons. The van der Waals surface area contributed by atoms with E-state index in [0.717, 1.165) is 44.9 Å². The number of hydrogen-bond donors (Lipinski definition) is 3. The largest absolute Gasteiger partial charge is 0.466 e. The van der Waals surface area contributed by atoms with E-state index < -0.39 is 12.1 Å². The van der Waals surface area contributed by atoms with E-state index in [0.29, 0.717) is 19.4 Å². The Morgan fingerprint density at radius 2 is 0.575 bits per heavy atom. The van der Waals surface area contributed by atoms with Gasteiger partial charge in [0, 0.05) is 12.8 Å². The van der Waals surface area contributed by atoms with Gasteiger partial charge in [0.25, 0.3) is 0 Å². The van der Waals surface area contributed by atoms with Gasteiger partial charge in [-0.05, 0) is 64.2 Å².